The van der Waals surface area contributed by atoms with Crippen molar-refractivity contribution in [2.45, 2.75) is 71.0 Å². The molecule has 35 heavy (non-hydrogen) atoms. The van der Waals surface area contributed by atoms with Gasteiger partial charge >= 0.3 is 0 Å². The van der Waals surface area contributed by atoms with Crippen molar-refractivity contribution in [2.75, 3.05) is 12.5 Å². The van der Waals surface area contributed by atoms with E-state index in [9.17, 15) is 5.11 Å². The zero-order valence-corrected chi connectivity index (χ0v) is 22.6. The summed E-state index contributed by atoms with van der Waals surface area (Å²) in [5.74, 6) is 0.512. The van der Waals surface area contributed by atoms with Gasteiger partial charge in [0.1, 0.15) is 0 Å². The van der Waals surface area contributed by atoms with Crippen molar-refractivity contribution in [1.82, 2.24) is 5.32 Å². The Kier molecular flexibility index (Phi) is 6.06. The second-order valence-corrected chi connectivity index (χ2v) is 12.5. The van der Waals surface area contributed by atoms with Crippen LogP contribution >= 0.6 is 11.8 Å². The molecule has 1 aliphatic heterocycles. The largest absolute Gasteiger partial charge is 0.387 e. The fraction of sp³-hybridized carbons (Fsp3) is 0.419. The molecule has 0 saturated heterocycles. The van der Waals surface area contributed by atoms with Crippen molar-refractivity contribution in [3.05, 3.63) is 81.3 Å². The molecule has 0 radical (unpaired) electrons. The number of thioether (sulfide) groups is 1. The van der Waals surface area contributed by atoms with Gasteiger partial charge in [-0.2, -0.15) is 0 Å². The van der Waals surface area contributed by atoms with Crippen molar-refractivity contribution in [3.63, 3.8) is 0 Å². The molecule has 4 heteroatoms. The topological polar surface area (TPSA) is 41.5 Å². The second kappa shape index (κ2) is 8.69. The Labute approximate surface area is 214 Å². The first kappa shape index (κ1) is 24.4. The van der Waals surface area contributed by atoms with E-state index in [1.807, 2.05) is 13.8 Å². The summed E-state index contributed by atoms with van der Waals surface area (Å²) in [4.78, 5) is 1.23. The van der Waals surface area contributed by atoms with Crippen molar-refractivity contribution >= 4 is 23.5 Å². The van der Waals surface area contributed by atoms with E-state index in [-0.39, 0.29) is 5.41 Å². The molecule has 2 N–H and O–H groups in total. The van der Waals surface area contributed by atoms with Crippen LogP contribution in [0.25, 0.3) is 22.9 Å². The lowest BCUT2D eigenvalue weighted by atomic mass is 9.80. The standard InChI is InChI=1S/C31H37NO2S/c1-29(2)25-15-12-20-9-7-8-10-23(20)28(25)24-14-11-21(17-26(24)29)27-16-13-22(18-32-27)35-19-34-31(5,6)30(3,4)33/h7,9,11-17,32-33H,8,10,18-19H2,1-6H3. The first-order valence-corrected chi connectivity index (χ1v) is 13.6. The number of fused-ring (bicyclic) bond motifs is 5. The van der Waals surface area contributed by atoms with E-state index >= 15 is 0 Å². The van der Waals surface area contributed by atoms with Crippen LogP contribution in [0.2, 0.25) is 0 Å². The van der Waals surface area contributed by atoms with Gasteiger partial charge in [-0.25, -0.2) is 0 Å². The van der Waals surface area contributed by atoms with Gasteiger partial charge in [-0.3, -0.25) is 0 Å². The van der Waals surface area contributed by atoms with Gasteiger partial charge in [-0.1, -0.05) is 50.3 Å². The molecule has 1 heterocycles. The van der Waals surface area contributed by atoms with Gasteiger partial charge in [0.15, 0.2) is 0 Å². The van der Waals surface area contributed by atoms with Crippen molar-refractivity contribution in [3.8, 4) is 11.1 Å². The third-order valence-corrected chi connectivity index (χ3v) is 9.07. The second-order valence-electron chi connectivity index (χ2n) is 11.4. The number of allylic oxidation sites excluding steroid dienone is 3. The predicted octanol–water partition coefficient (Wildman–Crippen LogP) is 7.04. The van der Waals surface area contributed by atoms with Gasteiger partial charge in [0, 0.05) is 22.6 Å². The molecule has 184 valence electrons. The van der Waals surface area contributed by atoms with Crippen LogP contribution in [0.15, 0.2) is 53.5 Å². The van der Waals surface area contributed by atoms with Crippen LogP contribution in [0.5, 0.6) is 0 Å². The summed E-state index contributed by atoms with van der Waals surface area (Å²) in [6.07, 6.45) is 11.2. The third kappa shape index (κ3) is 4.30. The lowest BCUT2D eigenvalue weighted by Gasteiger charge is -2.37. The van der Waals surface area contributed by atoms with E-state index in [2.05, 4.69) is 73.8 Å². The van der Waals surface area contributed by atoms with Crippen molar-refractivity contribution in [2.24, 2.45) is 0 Å². The molecule has 2 aromatic carbocycles. The first-order valence-electron chi connectivity index (χ1n) is 12.6. The monoisotopic (exact) mass is 487 g/mol. The van der Waals surface area contributed by atoms with Crippen LogP contribution in [-0.2, 0) is 16.6 Å². The zero-order valence-electron chi connectivity index (χ0n) is 21.8. The van der Waals surface area contributed by atoms with Gasteiger partial charge < -0.3 is 15.2 Å². The summed E-state index contributed by atoms with van der Waals surface area (Å²) in [5.41, 5.74) is 9.53. The third-order valence-electron chi connectivity index (χ3n) is 8.18. The maximum Gasteiger partial charge on any atom is 0.0973 e. The number of benzene rings is 2. The average molecular weight is 488 g/mol. The highest BCUT2D eigenvalue weighted by molar-refractivity contribution is 8.02. The molecule has 0 fully saturated rings. The number of nitrogens with one attached hydrogen (secondary N) is 1. The smallest absolute Gasteiger partial charge is 0.0973 e. The van der Waals surface area contributed by atoms with E-state index in [1.165, 1.54) is 43.8 Å². The SMILES string of the molecule is CC1(C)c2cc(C3=CC=C(SCOC(C)(C)C(C)(C)O)CN3)ccc2-c2c1ccc1c2CCC=C1. The molecule has 0 spiro atoms. The summed E-state index contributed by atoms with van der Waals surface area (Å²) in [6, 6.07) is 11.6. The zero-order chi connectivity index (χ0) is 25.0. The molecule has 2 aliphatic carbocycles. The lowest BCUT2D eigenvalue weighted by Crippen LogP contribution is -2.47. The molecule has 0 amide bonds. The molecular weight excluding hydrogens is 450 g/mol. The van der Waals surface area contributed by atoms with E-state index in [1.54, 1.807) is 25.6 Å². The van der Waals surface area contributed by atoms with Crippen LogP contribution in [0.3, 0.4) is 0 Å². The number of hydrogen-bond donors (Lipinski definition) is 2. The summed E-state index contributed by atoms with van der Waals surface area (Å²) >= 11 is 1.68. The molecule has 0 bridgehead atoms. The van der Waals surface area contributed by atoms with Crippen LogP contribution in [0.1, 0.15) is 75.8 Å². The Bertz CT molecular complexity index is 1260. The van der Waals surface area contributed by atoms with E-state index in [0.717, 1.165) is 25.1 Å². The first-order chi connectivity index (χ1) is 16.5. The number of rotatable bonds is 6. The van der Waals surface area contributed by atoms with Gasteiger partial charge in [0.05, 0.1) is 17.1 Å². The number of hydrogen-bond acceptors (Lipinski definition) is 4. The summed E-state index contributed by atoms with van der Waals surface area (Å²) in [5, 5.41) is 13.9. The van der Waals surface area contributed by atoms with Gasteiger partial charge in [0.25, 0.3) is 0 Å². The summed E-state index contributed by atoms with van der Waals surface area (Å²) in [7, 11) is 0. The minimum atomic E-state index is -0.892. The Hall–Kier alpha value is -2.27. The fourth-order valence-corrected chi connectivity index (χ4v) is 5.99. The molecule has 0 atom stereocenters. The Morgan fingerprint density at radius 1 is 1.06 bits per heavy atom. The molecule has 3 nitrogen and oxygen atoms in total. The van der Waals surface area contributed by atoms with E-state index < -0.39 is 11.2 Å². The van der Waals surface area contributed by atoms with Gasteiger partial charge in [0.2, 0.25) is 0 Å². The Balaban J connectivity index is 1.37. The minimum Gasteiger partial charge on any atom is -0.387 e. The predicted molar refractivity (Wildman–Crippen MR) is 149 cm³/mol. The lowest BCUT2D eigenvalue weighted by molar-refractivity contribution is -0.134. The molecular formula is C31H37NO2S. The number of dihydropyridines is 1. The van der Waals surface area contributed by atoms with E-state index in [0.29, 0.717) is 5.94 Å². The minimum absolute atomic E-state index is 0.00638. The van der Waals surface area contributed by atoms with Crippen LogP contribution < -0.4 is 5.32 Å². The maximum atomic E-state index is 10.3. The van der Waals surface area contributed by atoms with Crippen LogP contribution in [0.4, 0.5) is 0 Å². The highest BCUT2D eigenvalue weighted by Crippen LogP contribution is 2.52. The quantitative estimate of drug-likeness (QED) is 0.429. The molecule has 3 aliphatic rings. The molecule has 2 aromatic rings. The summed E-state index contributed by atoms with van der Waals surface area (Å²) < 4.78 is 5.97. The highest BCUT2D eigenvalue weighted by atomic mass is 32.2. The fourth-order valence-electron chi connectivity index (χ4n) is 5.15. The van der Waals surface area contributed by atoms with Crippen molar-refractivity contribution < 1.29 is 9.84 Å². The molecule has 0 unspecified atom stereocenters. The number of aliphatic hydroxyl groups is 1. The van der Waals surface area contributed by atoms with E-state index in [4.69, 9.17) is 4.74 Å². The van der Waals surface area contributed by atoms with Gasteiger partial charge in [-0.15, -0.1) is 11.8 Å². The average Bonchev–Trinajstić information content (AvgIpc) is 3.05. The van der Waals surface area contributed by atoms with Gasteiger partial charge in [-0.05, 0) is 97.7 Å². The Morgan fingerprint density at radius 2 is 1.86 bits per heavy atom. The molecule has 0 aromatic heterocycles. The van der Waals surface area contributed by atoms with Crippen molar-refractivity contribution in [1.29, 1.82) is 0 Å². The normalized spacial score (nSPS) is 18.3. The molecule has 0 saturated carbocycles. The number of ether oxygens (including phenoxy) is 1. The highest BCUT2D eigenvalue weighted by Gasteiger charge is 2.38. The maximum absolute atomic E-state index is 10.3. The molecule has 5 rings (SSSR count). The Morgan fingerprint density at radius 3 is 2.57 bits per heavy atom. The summed E-state index contributed by atoms with van der Waals surface area (Å²) in [6.45, 7) is 12.9. The van der Waals surface area contributed by atoms with Crippen LogP contribution in [0, 0.1) is 0 Å². The van der Waals surface area contributed by atoms with Crippen LogP contribution in [-0.4, -0.2) is 28.8 Å².